The van der Waals surface area contributed by atoms with Gasteiger partial charge in [-0.1, -0.05) is 6.42 Å². The van der Waals surface area contributed by atoms with Crippen LogP contribution in [0.1, 0.15) is 40.7 Å². The minimum atomic E-state index is -0.0794. The maximum absolute atomic E-state index is 13.8. The summed E-state index contributed by atoms with van der Waals surface area (Å²) in [5.41, 5.74) is 2.97. The van der Waals surface area contributed by atoms with Crippen LogP contribution in [0.15, 0.2) is 60.7 Å². The Balaban J connectivity index is 1.42. The van der Waals surface area contributed by atoms with Gasteiger partial charge in [0.2, 0.25) is 0 Å². The lowest BCUT2D eigenvalue weighted by Crippen LogP contribution is -2.33. The van der Waals surface area contributed by atoms with E-state index in [4.69, 9.17) is 4.74 Å². The SMILES string of the molecule is Cc1cc(O)ccc1-c1sc2cc(O)ccc2c1C(=O)c1ccc(OCCN2CCCCC2)cc1. The Morgan fingerprint density at radius 3 is 2.40 bits per heavy atom. The van der Waals surface area contributed by atoms with Crippen molar-refractivity contribution in [1.29, 1.82) is 0 Å². The van der Waals surface area contributed by atoms with Gasteiger partial charge in [-0.05, 0) is 105 Å². The number of aryl methyl sites for hydroxylation is 1. The minimum Gasteiger partial charge on any atom is -0.508 e. The molecule has 0 amide bonds. The fourth-order valence-electron chi connectivity index (χ4n) is 4.73. The summed E-state index contributed by atoms with van der Waals surface area (Å²) in [4.78, 5) is 17.0. The first kappa shape index (κ1) is 23.4. The molecule has 1 fully saturated rings. The quantitative estimate of drug-likeness (QED) is 0.296. The van der Waals surface area contributed by atoms with Gasteiger partial charge in [0.05, 0.1) is 0 Å². The molecule has 0 radical (unpaired) electrons. The molecule has 1 saturated heterocycles. The van der Waals surface area contributed by atoms with Crippen molar-refractivity contribution in [3.8, 4) is 27.7 Å². The van der Waals surface area contributed by atoms with Crippen molar-refractivity contribution >= 4 is 27.2 Å². The summed E-state index contributed by atoms with van der Waals surface area (Å²) >= 11 is 1.47. The molecular weight excluding hydrogens is 458 g/mol. The number of ketones is 1. The summed E-state index contributed by atoms with van der Waals surface area (Å²) < 4.78 is 6.78. The minimum absolute atomic E-state index is 0.0794. The van der Waals surface area contributed by atoms with E-state index in [2.05, 4.69) is 4.90 Å². The molecule has 1 aliphatic heterocycles. The molecule has 0 spiro atoms. The van der Waals surface area contributed by atoms with Crippen molar-refractivity contribution in [2.75, 3.05) is 26.2 Å². The predicted octanol–water partition coefficient (Wildman–Crippen LogP) is 6.38. The van der Waals surface area contributed by atoms with E-state index in [1.165, 1.54) is 30.6 Å². The first-order valence-corrected chi connectivity index (χ1v) is 12.9. The van der Waals surface area contributed by atoms with Crippen molar-refractivity contribution in [1.82, 2.24) is 4.90 Å². The lowest BCUT2D eigenvalue weighted by atomic mass is 9.96. The third kappa shape index (κ3) is 5.04. The average Bonchev–Trinajstić information content (AvgIpc) is 3.22. The van der Waals surface area contributed by atoms with Crippen LogP contribution in [0.25, 0.3) is 20.5 Å². The van der Waals surface area contributed by atoms with Crippen LogP contribution in [-0.2, 0) is 0 Å². The van der Waals surface area contributed by atoms with E-state index in [9.17, 15) is 15.0 Å². The van der Waals surface area contributed by atoms with Crippen LogP contribution in [0.4, 0.5) is 0 Å². The number of carbonyl (C=O) groups excluding carboxylic acids is 1. The van der Waals surface area contributed by atoms with E-state index >= 15 is 0 Å². The highest BCUT2D eigenvalue weighted by atomic mass is 32.1. The molecule has 6 heteroatoms. The highest BCUT2D eigenvalue weighted by Crippen LogP contribution is 2.42. The average molecular weight is 488 g/mol. The third-order valence-corrected chi connectivity index (χ3v) is 7.78. The summed E-state index contributed by atoms with van der Waals surface area (Å²) in [6, 6.07) is 17.6. The Bertz CT molecular complexity index is 1350. The Hall–Kier alpha value is -3.35. The van der Waals surface area contributed by atoms with Crippen LogP contribution in [0.5, 0.6) is 17.2 Å². The Labute approximate surface area is 209 Å². The van der Waals surface area contributed by atoms with Crippen molar-refractivity contribution in [3.05, 3.63) is 77.4 Å². The molecule has 2 N–H and O–H groups in total. The molecule has 1 aliphatic rings. The third-order valence-electron chi connectivity index (χ3n) is 6.60. The fourth-order valence-corrected chi connectivity index (χ4v) is 6.05. The number of phenols is 2. The molecule has 35 heavy (non-hydrogen) atoms. The number of hydrogen-bond donors (Lipinski definition) is 2. The molecule has 1 aromatic heterocycles. The number of ether oxygens (including phenoxy) is 1. The zero-order valence-electron chi connectivity index (χ0n) is 19.8. The highest BCUT2D eigenvalue weighted by molar-refractivity contribution is 7.22. The van der Waals surface area contributed by atoms with Gasteiger partial charge >= 0.3 is 0 Å². The van der Waals surface area contributed by atoms with Crippen LogP contribution in [0.2, 0.25) is 0 Å². The van der Waals surface area contributed by atoms with Crippen molar-refractivity contribution in [2.24, 2.45) is 0 Å². The molecule has 0 bridgehead atoms. The normalized spacial score (nSPS) is 14.3. The van der Waals surface area contributed by atoms with Gasteiger partial charge in [-0.15, -0.1) is 11.3 Å². The van der Waals surface area contributed by atoms with E-state index in [1.54, 1.807) is 30.3 Å². The zero-order chi connectivity index (χ0) is 24.4. The molecule has 0 aliphatic carbocycles. The Morgan fingerprint density at radius 2 is 1.66 bits per heavy atom. The predicted molar refractivity (Wildman–Crippen MR) is 141 cm³/mol. The maximum Gasteiger partial charge on any atom is 0.195 e. The zero-order valence-corrected chi connectivity index (χ0v) is 20.6. The lowest BCUT2D eigenvalue weighted by Gasteiger charge is -2.26. The number of hydrogen-bond acceptors (Lipinski definition) is 6. The molecule has 5 rings (SSSR count). The second-order valence-electron chi connectivity index (χ2n) is 9.09. The number of fused-ring (bicyclic) bond motifs is 1. The number of phenolic OH excluding ortho intramolecular Hbond substituents is 2. The van der Waals surface area contributed by atoms with Crippen molar-refractivity contribution in [2.45, 2.75) is 26.2 Å². The summed E-state index contributed by atoms with van der Waals surface area (Å²) in [6.45, 7) is 5.76. The molecule has 0 saturated carbocycles. The maximum atomic E-state index is 13.8. The summed E-state index contributed by atoms with van der Waals surface area (Å²) in [5.74, 6) is 1.03. The summed E-state index contributed by atoms with van der Waals surface area (Å²) in [5, 5.41) is 20.7. The van der Waals surface area contributed by atoms with E-state index in [0.717, 1.165) is 51.5 Å². The first-order valence-electron chi connectivity index (χ1n) is 12.0. The number of aromatic hydroxyl groups is 2. The smallest absolute Gasteiger partial charge is 0.195 e. The van der Waals surface area contributed by atoms with E-state index in [0.29, 0.717) is 17.7 Å². The molecule has 5 nitrogen and oxygen atoms in total. The first-order chi connectivity index (χ1) is 17.0. The summed E-state index contributed by atoms with van der Waals surface area (Å²) in [7, 11) is 0. The second-order valence-corrected chi connectivity index (χ2v) is 10.1. The van der Waals surface area contributed by atoms with Crippen LogP contribution in [0, 0.1) is 6.92 Å². The van der Waals surface area contributed by atoms with Gasteiger partial charge < -0.3 is 14.9 Å². The van der Waals surface area contributed by atoms with Gasteiger partial charge in [0.15, 0.2) is 5.78 Å². The van der Waals surface area contributed by atoms with Crippen LogP contribution < -0.4 is 4.74 Å². The molecule has 4 aromatic rings. The van der Waals surface area contributed by atoms with Gasteiger partial charge in [-0.2, -0.15) is 0 Å². The standard InChI is InChI=1S/C29H29NO4S/c1-19-17-21(31)7-11-24(19)29-27(25-12-8-22(32)18-26(25)35-29)28(33)20-5-9-23(10-6-20)34-16-15-30-13-3-2-4-14-30/h5-12,17-18,31-32H,2-4,13-16H2,1H3. The van der Waals surface area contributed by atoms with Crippen LogP contribution in [0.3, 0.4) is 0 Å². The number of carbonyl (C=O) groups is 1. The number of rotatable bonds is 7. The summed E-state index contributed by atoms with van der Waals surface area (Å²) in [6.07, 6.45) is 3.85. The molecule has 3 aromatic carbocycles. The van der Waals surface area contributed by atoms with Gasteiger partial charge in [0.1, 0.15) is 23.9 Å². The van der Waals surface area contributed by atoms with Gasteiger partial charge in [0.25, 0.3) is 0 Å². The second kappa shape index (κ2) is 10.1. The Morgan fingerprint density at radius 1 is 0.943 bits per heavy atom. The molecular formula is C29H29NO4S. The Kier molecular flexibility index (Phi) is 6.75. The molecule has 0 atom stereocenters. The van der Waals surface area contributed by atoms with Gasteiger partial charge in [-0.25, -0.2) is 0 Å². The van der Waals surface area contributed by atoms with Crippen LogP contribution in [-0.4, -0.2) is 47.1 Å². The topological polar surface area (TPSA) is 70.0 Å². The number of nitrogens with zero attached hydrogens (tertiary/aromatic N) is 1. The lowest BCUT2D eigenvalue weighted by molar-refractivity contribution is 0.104. The monoisotopic (exact) mass is 487 g/mol. The molecule has 0 unspecified atom stereocenters. The molecule has 180 valence electrons. The van der Waals surface area contributed by atoms with Crippen LogP contribution >= 0.6 is 11.3 Å². The number of likely N-dealkylation sites (tertiary alicyclic amines) is 1. The highest BCUT2D eigenvalue weighted by Gasteiger charge is 2.23. The van der Waals surface area contributed by atoms with E-state index in [1.807, 2.05) is 37.3 Å². The number of piperidine rings is 1. The van der Waals surface area contributed by atoms with Gasteiger partial charge in [-0.3, -0.25) is 9.69 Å². The van der Waals surface area contributed by atoms with E-state index < -0.39 is 0 Å². The number of benzene rings is 3. The van der Waals surface area contributed by atoms with Gasteiger partial charge in [0, 0.05) is 32.6 Å². The van der Waals surface area contributed by atoms with Crippen molar-refractivity contribution in [3.63, 3.8) is 0 Å². The van der Waals surface area contributed by atoms with E-state index in [-0.39, 0.29) is 17.3 Å². The molecule has 2 heterocycles. The fraction of sp³-hybridized carbons (Fsp3) is 0.276. The number of thiophene rings is 1. The van der Waals surface area contributed by atoms with Crippen molar-refractivity contribution < 1.29 is 19.7 Å². The largest absolute Gasteiger partial charge is 0.508 e.